The van der Waals surface area contributed by atoms with Crippen LogP contribution in [-0.2, 0) is 0 Å². The van der Waals surface area contributed by atoms with E-state index in [-0.39, 0.29) is 5.91 Å². The minimum Gasteiger partial charge on any atom is -0.322 e. The highest BCUT2D eigenvalue weighted by Gasteiger charge is 2.11. The van der Waals surface area contributed by atoms with Crippen molar-refractivity contribution in [3.05, 3.63) is 76.0 Å². The van der Waals surface area contributed by atoms with Crippen molar-refractivity contribution in [3.63, 3.8) is 0 Å². The van der Waals surface area contributed by atoms with Crippen LogP contribution in [0.3, 0.4) is 0 Å². The fraction of sp³-hybridized carbons (Fsp3) is 0.111. The zero-order valence-electron chi connectivity index (χ0n) is 12.9. The fourth-order valence-corrected chi connectivity index (χ4v) is 2.52. The van der Waals surface area contributed by atoms with Crippen LogP contribution >= 0.6 is 15.9 Å². The van der Waals surface area contributed by atoms with Crippen LogP contribution in [0.2, 0.25) is 0 Å². The van der Waals surface area contributed by atoms with Gasteiger partial charge in [0.05, 0.1) is 17.4 Å². The van der Waals surface area contributed by atoms with E-state index in [2.05, 4.69) is 26.3 Å². The molecule has 0 bridgehead atoms. The molecule has 3 aromatic rings. The van der Waals surface area contributed by atoms with Gasteiger partial charge in [-0.25, -0.2) is 4.68 Å². The predicted molar refractivity (Wildman–Crippen MR) is 95.1 cm³/mol. The lowest BCUT2D eigenvalue weighted by atomic mass is 10.1. The van der Waals surface area contributed by atoms with Crippen molar-refractivity contribution in [2.24, 2.45) is 0 Å². The molecule has 0 radical (unpaired) electrons. The number of hydrogen-bond acceptors (Lipinski definition) is 2. The summed E-state index contributed by atoms with van der Waals surface area (Å²) < 4.78 is 2.69. The van der Waals surface area contributed by atoms with Crippen LogP contribution in [-0.4, -0.2) is 15.7 Å². The van der Waals surface area contributed by atoms with Crippen LogP contribution in [0.1, 0.15) is 21.5 Å². The molecule has 0 saturated carbocycles. The van der Waals surface area contributed by atoms with Gasteiger partial charge in [-0.05, 0) is 55.3 Å². The molecular weight excluding hydrogens is 354 g/mol. The molecule has 1 heterocycles. The summed E-state index contributed by atoms with van der Waals surface area (Å²) >= 11 is 3.40. The summed E-state index contributed by atoms with van der Waals surface area (Å²) in [5, 5.41) is 7.20. The Balaban J connectivity index is 1.81. The molecule has 2 aromatic carbocycles. The van der Waals surface area contributed by atoms with Crippen LogP contribution in [0, 0.1) is 13.8 Å². The second-order valence-electron chi connectivity index (χ2n) is 5.35. The summed E-state index contributed by atoms with van der Waals surface area (Å²) in [6, 6.07) is 13.6. The van der Waals surface area contributed by atoms with Gasteiger partial charge in [-0.1, -0.05) is 28.1 Å². The number of carbonyl (C=O) groups is 1. The maximum absolute atomic E-state index is 12.4. The number of anilines is 1. The first-order valence-electron chi connectivity index (χ1n) is 7.23. The lowest BCUT2D eigenvalue weighted by Crippen LogP contribution is -2.12. The summed E-state index contributed by atoms with van der Waals surface area (Å²) in [5.41, 5.74) is 4.47. The molecule has 0 spiro atoms. The third-order valence-electron chi connectivity index (χ3n) is 3.79. The molecule has 0 aliphatic heterocycles. The highest BCUT2D eigenvalue weighted by Crippen LogP contribution is 2.19. The average Bonchev–Trinajstić information content (AvgIpc) is 3.02. The van der Waals surface area contributed by atoms with Crippen molar-refractivity contribution >= 4 is 27.5 Å². The van der Waals surface area contributed by atoms with E-state index in [1.165, 1.54) is 0 Å². The van der Waals surface area contributed by atoms with Gasteiger partial charge in [0.25, 0.3) is 5.91 Å². The Morgan fingerprint density at radius 3 is 2.61 bits per heavy atom. The third-order valence-corrected chi connectivity index (χ3v) is 4.32. The minimum atomic E-state index is -0.165. The molecule has 0 aliphatic rings. The second kappa shape index (κ2) is 6.38. The zero-order chi connectivity index (χ0) is 16.4. The van der Waals surface area contributed by atoms with Crippen molar-refractivity contribution in [1.29, 1.82) is 0 Å². The number of rotatable bonds is 3. The van der Waals surface area contributed by atoms with E-state index in [0.29, 0.717) is 5.56 Å². The second-order valence-corrected chi connectivity index (χ2v) is 6.27. The number of hydrogen-bond donors (Lipinski definition) is 1. The van der Waals surface area contributed by atoms with E-state index < -0.39 is 0 Å². The molecule has 1 amide bonds. The molecule has 0 fully saturated rings. The summed E-state index contributed by atoms with van der Waals surface area (Å²) in [6.07, 6.45) is 3.30. The molecule has 0 aliphatic carbocycles. The van der Waals surface area contributed by atoms with E-state index in [4.69, 9.17) is 0 Å². The molecule has 1 aromatic heterocycles. The van der Waals surface area contributed by atoms with Crippen molar-refractivity contribution in [2.75, 3.05) is 5.32 Å². The van der Waals surface area contributed by atoms with E-state index in [9.17, 15) is 4.79 Å². The molecule has 5 heteroatoms. The Morgan fingerprint density at radius 2 is 1.87 bits per heavy atom. The Hall–Kier alpha value is -2.40. The summed E-state index contributed by atoms with van der Waals surface area (Å²) in [5.74, 6) is -0.165. The third kappa shape index (κ3) is 3.35. The van der Waals surface area contributed by atoms with Gasteiger partial charge in [-0.15, -0.1) is 0 Å². The van der Waals surface area contributed by atoms with Gasteiger partial charge in [-0.2, -0.15) is 5.10 Å². The van der Waals surface area contributed by atoms with Crippen LogP contribution in [0.25, 0.3) is 5.69 Å². The standard InChI is InChI=1S/C18H16BrN3O/c1-12-4-3-5-17(13(12)2)21-18(23)14-10-20-22(11-14)16-8-6-15(19)7-9-16/h3-11H,1-2H3,(H,21,23). The smallest absolute Gasteiger partial charge is 0.258 e. The molecule has 0 unspecified atom stereocenters. The number of aromatic nitrogens is 2. The summed E-state index contributed by atoms with van der Waals surface area (Å²) in [6.45, 7) is 4.02. The van der Waals surface area contributed by atoms with Crippen LogP contribution in [0.5, 0.6) is 0 Å². The van der Waals surface area contributed by atoms with Gasteiger partial charge < -0.3 is 5.32 Å². The number of aryl methyl sites for hydroxylation is 1. The topological polar surface area (TPSA) is 46.9 Å². The molecule has 23 heavy (non-hydrogen) atoms. The first-order valence-corrected chi connectivity index (χ1v) is 8.02. The van der Waals surface area contributed by atoms with Crippen molar-refractivity contribution in [3.8, 4) is 5.69 Å². The molecule has 3 rings (SSSR count). The number of nitrogens with zero attached hydrogens (tertiary/aromatic N) is 2. The van der Waals surface area contributed by atoms with Gasteiger partial charge in [0.2, 0.25) is 0 Å². The molecule has 0 atom stereocenters. The van der Waals surface area contributed by atoms with Crippen LogP contribution in [0.15, 0.2) is 59.3 Å². The van der Waals surface area contributed by atoms with Crippen molar-refractivity contribution < 1.29 is 4.79 Å². The van der Waals surface area contributed by atoms with Gasteiger partial charge in [0, 0.05) is 16.4 Å². The molecule has 1 N–H and O–H groups in total. The summed E-state index contributed by atoms with van der Waals surface area (Å²) in [4.78, 5) is 12.4. The number of amides is 1. The first kappa shape index (κ1) is 15.5. The Kier molecular flexibility index (Phi) is 4.30. The van der Waals surface area contributed by atoms with Gasteiger partial charge in [-0.3, -0.25) is 4.79 Å². The maximum Gasteiger partial charge on any atom is 0.258 e. The van der Waals surface area contributed by atoms with Gasteiger partial charge in [0.1, 0.15) is 0 Å². The number of nitrogens with one attached hydrogen (secondary N) is 1. The largest absolute Gasteiger partial charge is 0.322 e. The first-order chi connectivity index (χ1) is 11.0. The van der Waals surface area contributed by atoms with E-state index >= 15 is 0 Å². The normalized spacial score (nSPS) is 10.6. The number of carbonyl (C=O) groups excluding carboxylic acids is 1. The molecule has 4 nitrogen and oxygen atoms in total. The number of benzene rings is 2. The lowest BCUT2D eigenvalue weighted by Gasteiger charge is -2.09. The molecule has 0 saturated heterocycles. The monoisotopic (exact) mass is 369 g/mol. The van der Waals surface area contributed by atoms with E-state index in [1.807, 2.05) is 56.3 Å². The maximum atomic E-state index is 12.4. The highest BCUT2D eigenvalue weighted by atomic mass is 79.9. The van der Waals surface area contributed by atoms with E-state index in [1.54, 1.807) is 17.1 Å². The average molecular weight is 370 g/mol. The SMILES string of the molecule is Cc1cccc(NC(=O)c2cnn(-c3ccc(Br)cc3)c2)c1C. The highest BCUT2D eigenvalue weighted by molar-refractivity contribution is 9.10. The molecular formula is C18H16BrN3O. The Morgan fingerprint density at radius 1 is 1.13 bits per heavy atom. The minimum absolute atomic E-state index is 0.165. The predicted octanol–water partition coefficient (Wildman–Crippen LogP) is 4.50. The lowest BCUT2D eigenvalue weighted by molar-refractivity contribution is 0.102. The van der Waals surface area contributed by atoms with Crippen molar-refractivity contribution in [1.82, 2.24) is 9.78 Å². The summed E-state index contributed by atoms with van der Waals surface area (Å²) in [7, 11) is 0. The fourth-order valence-electron chi connectivity index (χ4n) is 2.26. The van der Waals surface area contributed by atoms with Crippen LogP contribution < -0.4 is 5.32 Å². The quantitative estimate of drug-likeness (QED) is 0.738. The Bertz CT molecular complexity index is 853. The molecule has 116 valence electrons. The van der Waals surface area contributed by atoms with E-state index in [0.717, 1.165) is 27.0 Å². The van der Waals surface area contributed by atoms with Crippen LogP contribution in [0.4, 0.5) is 5.69 Å². The van der Waals surface area contributed by atoms with Gasteiger partial charge in [0.15, 0.2) is 0 Å². The number of halogens is 1. The Labute approximate surface area is 143 Å². The zero-order valence-corrected chi connectivity index (χ0v) is 14.5. The van der Waals surface area contributed by atoms with Gasteiger partial charge >= 0.3 is 0 Å². The van der Waals surface area contributed by atoms with Crippen molar-refractivity contribution in [2.45, 2.75) is 13.8 Å².